The number of halogens is 1. The Labute approximate surface area is 121 Å². The molecular weight excluding hydrogens is 277 g/mol. The van der Waals surface area contributed by atoms with E-state index in [1.165, 1.54) is 0 Å². The molecule has 0 amide bonds. The number of rotatable bonds is 4. The van der Waals surface area contributed by atoms with E-state index in [0.29, 0.717) is 50.4 Å². The van der Waals surface area contributed by atoms with Crippen molar-refractivity contribution in [1.29, 1.82) is 0 Å². The van der Waals surface area contributed by atoms with Crippen LogP contribution in [0.3, 0.4) is 0 Å². The third kappa shape index (κ3) is 3.20. The van der Waals surface area contributed by atoms with Crippen LogP contribution in [0.2, 0.25) is 0 Å². The number of alkyl halides is 1. The number of nitrogens with zero attached hydrogens (tertiary/aromatic N) is 3. The molecule has 4 atom stereocenters. The van der Waals surface area contributed by atoms with E-state index in [9.17, 15) is 4.79 Å². The first-order valence-corrected chi connectivity index (χ1v) is 7.43. The predicted octanol–water partition coefficient (Wildman–Crippen LogP) is 0.703. The second kappa shape index (κ2) is 5.67. The molecule has 0 spiro atoms. The van der Waals surface area contributed by atoms with Crippen molar-refractivity contribution >= 4 is 5.97 Å². The number of piperidine rings is 1. The van der Waals surface area contributed by atoms with Crippen molar-refractivity contribution < 1.29 is 14.3 Å². The van der Waals surface area contributed by atoms with E-state index in [1.54, 1.807) is 0 Å². The maximum atomic E-state index is 15.0. The molecule has 3 rings (SSSR count). The summed E-state index contributed by atoms with van der Waals surface area (Å²) in [6.07, 6.45) is 3.15. The lowest BCUT2D eigenvalue weighted by molar-refractivity contribution is -0.141. The number of aromatic amines is 1. The van der Waals surface area contributed by atoms with Crippen molar-refractivity contribution in [2.24, 2.45) is 11.8 Å². The highest BCUT2D eigenvalue weighted by Gasteiger charge is 2.44. The number of aryl methyl sites for hydroxylation is 1. The zero-order valence-corrected chi connectivity index (χ0v) is 11.8. The van der Waals surface area contributed by atoms with Crippen LogP contribution in [-0.2, 0) is 11.2 Å². The fourth-order valence-electron chi connectivity index (χ4n) is 3.68. The molecule has 21 heavy (non-hydrogen) atoms. The van der Waals surface area contributed by atoms with Crippen molar-refractivity contribution in [3.05, 3.63) is 5.82 Å². The van der Waals surface area contributed by atoms with Crippen LogP contribution < -0.4 is 5.32 Å². The molecule has 4 unspecified atom stereocenters. The van der Waals surface area contributed by atoms with Gasteiger partial charge in [0.05, 0.1) is 0 Å². The highest BCUT2D eigenvalue weighted by Crippen LogP contribution is 2.44. The van der Waals surface area contributed by atoms with E-state index >= 15 is 4.39 Å². The lowest BCUT2D eigenvalue weighted by Gasteiger charge is -2.44. The Morgan fingerprint density at radius 1 is 1.48 bits per heavy atom. The third-order valence-corrected chi connectivity index (χ3v) is 4.91. The molecule has 8 heteroatoms. The smallest absolute Gasteiger partial charge is 0.320 e. The first kappa shape index (κ1) is 14.4. The van der Waals surface area contributed by atoms with E-state index in [1.807, 2.05) is 0 Å². The van der Waals surface area contributed by atoms with Crippen molar-refractivity contribution in [3.8, 4) is 0 Å². The minimum atomic E-state index is -1.23. The Morgan fingerprint density at radius 3 is 3.05 bits per heavy atom. The van der Waals surface area contributed by atoms with Crippen LogP contribution in [0.15, 0.2) is 0 Å². The first-order valence-electron chi connectivity index (χ1n) is 7.43. The number of aliphatic carboxylic acids is 1. The largest absolute Gasteiger partial charge is 0.480 e. The number of hydrogen-bond donors (Lipinski definition) is 3. The SMILES string of the molecule is O=C(O)C1CC2CC(F)(CCc3nn[nH]n3)CCC2CN1. The summed E-state index contributed by atoms with van der Waals surface area (Å²) in [6, 6.07) is -0.536. The van der Waals surface area contributed by atoms with Gasteiger partial charge < -0.3 is 10.4 Å². The van der Waals surface area contributed by atoms with Crippen LogP contribution in [0.4, 0.5) is 4.39 Å². The summed E-state index contributed by atoms with van der Waals surface area (Å²) in [7, 11) is 0. The van der Waals surface area contributed by atoms with Gasteiger partial charge in [0.25, 0.3) is 0 Å². The number of hydrogen-bond acceptors (Lipinski definition) is 5. The van der Waals surface area contributed by atoms with Crippen LogP contribution in [-0.4, -0.2) is 50.0 Å². The van der Waals surface area contributed by atoms with Crippen LogP contribution in [0.5, 0.6) is 0 Å². The number of nitrogens with one attached hydrogen (secondary N) is 2. The highest BCUT2D eigenvalue weighted by atomic mass is 19.1. The number of H-pyrrole nitrogens is 1. The molecule has 1 saturated heterocycles. The van der Waals surface area contributed by atoms with E-state index < -0.39 is 17.7 Å². The molecule has 116 valence electrons. The quantitative estimate of drug-likeness (QED) is 0.756. The van der Waals surface area contributed by atoms with Gasteiger partial charge in [0.2, 0.25) is 0 Å². The number of carbonyl (C=O) groups is 1. The second-order valence-electron chi connectivity index (χ2n) is 6.28. The summed E-state index contributed by atoms with van der Waals surface area (Å²) in [6.45, 7) is 0.683. The van der Waals surface area contributed by atoms with Gasteiger partial charge in [-0.2, -0.15) is 5.21 Å². The lowest BCUT2D eigenvalue weighted by Crippen LogP contribution is -2.51. The Kier molecular flexibility index (Phi) is 3.88. The molecule has 0 bridgehead atoms. The molecule has 1 aromatic rings. The van der Waals surface area contributed by atoms with Gasteiger partial charge in [-0.25, -0.2) is 4.39 Å². The molecule has 0 radical (unpaired) electrons. The standard InChI is InChI=1S/C13H20FN5O2/c14-13(4-2-11-16-18-19-17-11)3-1-8-7-15-10(12(20)21)5-9(8)6-13/h8-10,15H,1-7H2,(H,20,21)(H,16,17,18,19). The number of carboxylic acid groups (broad SMARTS) is 1. The molecule has 2 heterocycles. The second-order valence-corrected chi connectivity index (χ2v) is 6.28. The normalized spacial score (nSPS) is 36.1. The topological polar surface area (TPSA) is 104 Å². The van der Waals surface area contributed by atoms with E-state index in [2.05, 4.69) is 25.9 Å². The Hall–Kier alpha value is -1.57. The fraction of sp³-hybridized carbons (Fsp3) is 0.846. The van der Waals surface area contributed by atoms with Gasteiger partial charge in [-0.05, 0) is 50.5 Å². The lowest BCUT2D eigenvalue weighted by atomic mass is 9.67. The zero-order valence-electron chi connectivity index (χ0n) is 11.8. The van der Waals surface area contributed by atoms with Crippen molar-refractivity contribution in [2.45, 2.75) is 50.2 Å². The van der Waals surface area contributed by atoms with Crippen LogP contribution in [0.25, 0.3) is 0 Å². The van der Waals surface area contributed by atoms with Gasteiger partial charge in [-0.3, -0.25) is 4.79 Å². The summed E-state index contributed by atoms with van der Waals surface area (Å²) in [5.41, 5.74) is -1.23. The molecule has 7 nitrogen and oxygen atoms in total. The Balaban J connectivity index is 1.59. The highest BCUT2D eigenvalue weighted by molar-refractivity contribution is 5.73. The van der Waals surface area contributed by atoms with E-state index in [0.717, 1.165) is 6.42 Å². The van der Waals surface area contributed by atoms with Crippen molar-refractivity contribution in [2.75, 3.05) is 6.54 Å². The maximum Gasteiger partial charge on any atom is 0.320 e. The van der Waals surface area contributed by atoms with Crippen LogP contribution >= 0.6 is 0 Å². The first-order chi connectivity index (χ1) is 10.1. The minimum Gasteiger partial charge on any atom is -0.480 e. The summed E-state index contributed by atoms with van der Waals surface area (Å²) >= 11 is 0. The molecule has 1 aliphatic heterocycles. The molecule has 2 aliphatic rings. The van der Waals surface area contributed by atoms with Crippen LogP contribution in [0.1, 0.15) is 37.9 Å². The van der Waals surface area contributed by atoms with Gasteiger partial charge in [-0.1, -0.05) is 5.21 Å². The molecule has 1 aromatic heterocycles. The third-order valence-electron chi connectivity index (χ3n) is 4.91. The number of tetrazole rings is 1. The van der Waals surface area contributed by atoms with Gasteiger partial charge in [0, 0.05) is 6.42 Å². The molecule has 1 saturated carbocycles. The van der Waals surface area contributed by atoms with Crippen LogP contribution in [0, 0.1) is 11.8 Å². The summed E-state index contributed by atoms with van der Waals surface area (Å²) in [5, 5.41) is 25.7. The molecular formula is C13H20FN5O2. The minimum absolute atomic E-state index is 0.149. The Bertz CT molecular complexity index is 497. The molecule has 2 fully saturated rings. The van der Waals surface area contributed by atoms with E-state index in [4.69, 9.17) is 5.11 Å². The van der Waals surface area contributed by atoms with Crippen molar-refractivity contribution in [1.82, 2.24) is 25.9 Å². The summed E-state index contributed by atoms with van der Waals surface area (Å²) in [5.74, 6) is 0.240. The van der Waals surface area contributed by atoms with E-state index in [-0.39, 0.29) is 5.92 Å². The summed E-state index contributed by atoms with van der Waals surface area (Å²) in [4.78, 5) is 11.1. The molecule has 1 aliphatic carbocycles. The average molecular weight is 297 g/mol. The molecule has 3 N–H and O–H groups in total. The zero-order chi connectivity index (χ0) is 14.9. The maximum absolute atomic E-state index is 15.0. The van der Waals surface area contributed by atoms with Gasteiger partial charge in [0.15, 0.2) is 5.82 Å². The van der Waals surface area contributed by atoms with Crippen molar-refractivity contribution in [3.63, 3.8) is 0 Å². The number of carboxylic acids is 1. The number of fused-ring (bicyclic) bond motifs is 1. The summed E-state index contributed by atoms with van der Waals surface area (Å²) < 4.78 is 15.0. The monoisotopic (exact) mass is 297 g/mol. The predicted molar refractivity (Wildman–Crippen MR) is 71.2 cm³/mol. The fourth-order valence-corrected chi connectivity index (χ4v) is 3.68. The Morgan fingerprint density at radius 2 is 2.33 bits per heavy atom. The molecule has 0 aromatic carbocycles. The van der Waals surface area contributed by atoms with Gasteiger partial charge in [0.1, 0.15) is 11.7 Å². The number of aromatic nitrogens is 4. The average Bonchev–Trinajstić information content (AvgIpc) is 2.98. The van der Waals surface area contributed by atoms with Gasteiger partial charge in [-0.15, -0.1) is 10.2 Å². The van der Waals surface area contributed by atoms with Gasteiger partial charge >= 0.3 is 5.97 Å².